The van der Waals surface area contributed by atoms with Crippen molar-refractivity contribution in [3.8, 4) is 23.0 Å². The van der Waals surface area contributed by atoms with Crippen LogP contribution in [0.1, 0.15) is 42.3 Å². The third kappa shape index (κ3) is 6.75. The number of carbonyl (C=O) groups excluding carboxylic acids is 1. The van der Waals surface area contributed by atoms with Crippen LogP contribution in [-0.2, 0) is 6.61 Å². The second-order valence-corrected chi connectivity index (χ2v) is 7.11. The molecule has 0 heterocycles. The first-order valence-corrected chi connectivity index (χ1v) is 11.3. The van der Waals surface area contributed by atoms with Crippen LogP contribution in [0.25, 0.3) is 0 Å². The molecular weight excluding hydrogens is 432 g/mol. The van der Waals surface area contributed by atoms with Crippen molar-refractivity contribution in [2.75, 3.05) is 19.8 Å². The third-order valence-electron chi connectivity index (χ3n) is 4.70. The fourth-order valence-corrected chi connectivity index (χ4v) is 3.20. The molecule has 178 valence electrons. The number of carbonyl (C=O) groups is 1. The zero-order chi connectivity index (χ0) is 24.2. The molecule has 7 heteroatoms. The number of hydrogen-bond acceptors (Lipinski definition) is 6. The molecule has 0 saturated carbocycles. The van der Waals surface area contributed by atoms with Crippen LogP contribution < -0.4 is 24.4 Å². The van der Waals surface area contributed by atoms with E-state index in [2.05, 4.69) is 10.5 Å². The first kappa shape index (κ1) is 24.6. The summed E-state index contributed by atoms with van der Waals surface area (Å²) in [6, 6.07) is 20.7. The molecule has 0 saturated heterocycles. The summed E-state index contributed by atoms with van der Waals surface area (Å²) in [5.74, 6) is 1.65. The molecule has 34 heavy (non-hydrogen) atoms. The van der Waals surface area contributed by atoms with Crippen molar-refractivity contribution in [1.82, 2.24) is 5.43 Å². The minimum Gasteiger partial charge on any atom is -0.490 e. The van der Waals surface area contributed by atoms with Crippen molar-refractivity contribution < 1.29 is 23.7 Å². The van der Waals surface area contributed by atoms with Crippen LogP contribution in [0, 0.1) is 0 Å². The van der Waals surface area contributed by atoms with E-state index in [0.717, 1.165) is 11.1 Å². The number of rotatable bonds is 12. The van der Waals surface area contributed by atoms with Crippen LogP contribution in [0.5, 0.6) is 23.0 Å². The summed E-state index contributed by atoms with van der Waals surface area (Å²) in [6.07, 6.45) is 1.56. The van der Waals surface area contributed by atoms with Crippen molar-refractivity contribution in [2.24, 2.45) is 5.10 Å². The van der Waals surface area contributed by atoms with E-state index in [1.807, 2.05) is 75.4 Å². The van der Waals surface area contributed by atoms with Gasteiger partial charge < -0.3 is 18.9 Å². The number of ether oxygens (including phenoxy) is 4. The van der Waals surface area contributed by atoms with Crippen LogP contribution in [-0.4, -0.2) is 31.9 Å². The normalized spacial score (nSPS) is 10.7. The number of amides is 1. The van der Waals surface area contributed by atoms with Gasteiger partial charge in [-0.05, 0) is 50.6 Å². The Morgan fingerprint density at radius 2 is 1.41 bits per heavy atom. The monoisotopic (exact) mass is 462 g/mol. The second kappa shape index (κ2) is 12.9. The largest absolute Gasteiger partial charge is 0.490 e. The lowest BCUT2D eigenvalue weighted by molar-refractivity contribution is 0.0954. The Balaban J connectivity index is 1.73. The van der Waals surface area contributed by atoms with Gasteiger partial charge in [-0.3, -0.25) is 4.79 Å². The molecule has 0 spiro atoms. The van der Waals surface area contributed by atoms with Gasteiger partial charge in [0.15, 0.2) is 11.5 Å². The number of benzene rings is 3. The van der Waals surface area contributed by atoms with Gasteiger partial charge in [-0.1, -0.05) is 42.5 Å². The number of nitrogens with zero attached hydrogens (tertiary/aromatic N) is 1. The van der Waals surface area contributed by atoms with Gasteiger partial charge in [0.05, 0.1) is 26.0 Å². The molecule has 3 aromatic rings. The highest BCUT2D eigenvalue weighted by atomic mass is 16.5. The summed E-state index contributed by atoms with van der Waals surface area (Å²) < 4.78 is 23.0. The van der Waals surface area contributed by atoms with E-state index in [4.69, 9.17) is 18.9 Å². The maximum absolute atomic E-state index is 12.8. The van der Waals surface area contributed by atoms with Gasteiger partial charge in [0, 0.05) is 11.1 Å². The number of hydrazone groups is 1. The van der Waals surface area contributed by atoms with Gasteiger partial charge in [0.25, 0.3) is 5.91 Å². The van der Waals surface area contributed by atoms with Gasteiger partial charge in [0.2, 0.25) is 5.75 Å². The lowest BCUT2D eigenvalue weighted by atomic mass is 10.1. The average molecular weight is 463 g/mol. The second-order valence-electron chi connectivity index (χ2n) is 7.11. The summed E-state index contributed by atoms with van der Waals surface area (Å²) in [4.78, 5) is 12.8. The van der Waals surface area contributed by atoms with Crippen LogP contribution in [0.3, 0.4) is 0 Å². The maximum atomic E-state index is 12.8. The summed E-state index contributed by atoms with van der Waals surface area (Å²) in [6.45, 7) is 7.34. The fraction of sp³-hybridized carbons (Fsp3) is 0.259. The summed E-state index contributed by atoms with van der Waals surface area (Å²) in [7, 11) is 0. The zero-order valence-corrected chi connectivity index (χ0v) is 19.7. The Labute approximate surface area is 200 Å². The van der Waals surface area contributed by atoms with Gasteiger partial charge in [0.1, 0.15) is 12.4 Å². The molecule has 1 amide bonds. The van der Waals surface area contributed by atoms with E-state index in [-0.39, 0.29) is 0 Å². The number of para-hydroxylation sites is 1. The van der Waals surface area contributed by atoms with Gasteiger partial charge in [-0.15, -0.1) is 0 Å². The summed E-state index contributed by atoms with van der Waals surface area (Å²) in [5.41, 5.74) is 4.72. The standard InChI is InChI=1S/C27H30N2O5/c1-4-31-24-16-22(17-25(32-5-2)26(24)33-6-3)27(30)29-28-18-21-14-10-11-15-23(21)34-19-20-12-8-7-9-13-20/h7-18H,4-6,19H2,1-3H3,(H,29,30)/b28-18+. The molecule has 0 unspecified atom stereocenters. The lowest BCUT2D eigenvalue weighted by Gasteiger charge is -2.16. The van der Waals surface area contributed by atoms with Crippen molar-refractivity contribution in [3.63, 3.8) is 0 Å². The molecule has 0 bridgehead atoms. The Kier molecular flexibility index (Phi) is 9.34. The minimum absolute atomic E-state index is 0.348. The van der Waals surface area contributed by atoms with E-state index in [0.29, 0.717) is 55.0 Å². The third-order valence-corrected chi connectivity index (χ3v) is 4.70. The highest BCUT2D eigenvalue weighted by molar-refractivity contribution is 5.96. The molecular formula is C27H30N2O5. The van der Waals surface area contributed by atoms with Crippen molar-refractivity contribution in [1.29, 1.82) is 0 Å². The molecule has 0 atom stereocenters. The highest BCUT2D eigenvalue weighted by Gasteiger charge is 2.18. The molecule has 0 aliphatic heterocycles. The van der Waals surface area contributed by atoms with Crippen molar-refractivity contribution in [3.05, 3.63) is 83.4 Å². The first-order chi connectivity index (χ1) is 16.7. The van der Waals surface area contributed by atoms with E-state index < -0.39 is 5.91 Å². The van der Waals surface area contributed by atoms with Crippen molar-refractivity contribution in [2.45, 2.75) is 27.4 Å². The molecule has 0 aliphatic rings. The predicted octanol–water partition coefficient (Wildman–Crippen LogP) is 5.23. The highest BCUT2D eigenvalue weighted by Crippen LogP contribution is 2.39. The lowest BCUT2D eigenvalue weighted by Crippen LogP contribution is -2.18. The van der Waals surface area contributed by atoms with Gasteiger partial charge in [-0.2, -0.15) is 5.10 Å². The van der Waals surface area contributed by atoms with E-state index in [1.54, 1.807) is 18.3 Å². The predicted molar refractivity (Wildman–Crippen MR) is 132 cm³/mol. The smallest absolute Gasteiger partial charge is 0.271 e. The molecule has 1 N–H and O–H groups in total. The van der Waals surface area contributed by atoms with E-state index in [9.17, 15) is 4.79 Å². The molecule has 0 aromatic heterocycles. The topological polar surface area (TPSA) is 78.4 Å². The Bertz CT molecular complexity index is 1070. The average Bonchev–Trinajstić information content (AvgIpc) is 2.86. The van der Waals surface area contributed by atoms with Crippen LogP contribution >= 0.6 is 0 Å². The first-order valence-electron chi connectivity index (χ1n) is 11.3. The molecule has 0 radical (unpaired) electrons. The molecule has 0 aliphatic carbocycles. The maximum Gasteiger partial charge on any atom is 0.271 e. The Morgan fingerprint density at radius 1 is 0.794 bits per heavy atom. The fourth-order valence-electron chi connectivity index (χ4n) is 3.20. The molecule has 7 nitrogen and oxygen atoms in total. The summed E-state index contributed by atoms with van der Waals surface area (Å²) >= 11 is 0. The molecule has 0 fully saturated rings. The van der Waals surface area contributed by atoms with E-state index >= 15 is 0 Å². The number of nitrogens with one attached hydrogen (secondary N) is 1. The SMILES string of the molecule is CCOc1cc(C(=O)N/N=C/c2ccccc2OCc2ccccc2)cc(OCC)c1OCC. The quantitative estimate of drug-likeness (QED) is 0.295. The summed E-state index contributed by atoms with van der Waals surface area (Å²) in [5, 5.41) is 4.13. The minimum atomic E-state index is -0.399. The Morgan fingerprint density at radius 3 is 2.06 bits per heavy atom. The number of hydrogen-bond donors (Lipinski definition) is 1. The van der Waals surface area contributed by atoms with Crippen molar-refractivity contribution >= 4 is 12.1 Å². The van der Waals surface area contributed by atoms with Gasteiger partial charge >= 0.3 is 0 Å². The Hall–Kier alpha value is -4.00. The molecule has 3 aromatic carbocycles. The molecule has 3 rings (SSSR count). The van der Waals surface area contributed by atoms with Crippen LogP contribution in [0.15, 0.2) is 71.8 Å². The van der Waals surface area contributed by atoms with Crippen LogP contribution in [0.2, 0.25) is 0 Å². The zero-order valence-electron chi connectivity index (χ0n) is 19.7. The van der Waals surface area contributed by atoms with Crippen LogP contribution in [0.4, 0.5) is 0 Å². The van der Waals surface area contributed by atoms with E-state index in [1.165, 1.54) is 0 Å². The van der Waals surface area contributed by atoms with Gasteiger partial charge in [-0.25, -0.2) is 5.43 Å².